The van der Waals surface area contributed by atoms with Crippen molar-refractivity contribution in [1.82, 2.24) is 20.6 Å². The summed E-state index contributed by atoms with van der Waals surface area (Å²) in [6.07, 6.45) is 3.53. The number of pyridine rings is 2. The zero-order valence-corrected chi connectivity index (χ0v) is 14.7. The second-order valence-corrected chi connectivity index (χ2v) is 6.06. The average Bonchev–Trinajstić information content (AvgIpc) is 3.15. The number of rotatable bonds is 6. The molecule has 0 bridgehead atoms. The van der Waals surface area contributed by atoms with Crippen molar-refractivity contribution in [3.63, 3.8) is 0 Å². The highest BCUT2D eigenvalue weighted by atomic mass is 19.3. The van der Waals surface area contributed by atoms with Crippen molar-refractivity contribution in [2.75, 3.05) is 20.3 Å². The Bertz CT molecular complexity index is 776. The molecule has 0 unspecified atom stereocenters. The van der Waals surface area contributed by atoms with Crippen LogP contribution in [-0.4, -0.2) is 42.3 Å². The smallest absolute Gasteiger partial charge is 0.315 e. The lowest BCUT2D eigenvalue weighted by Gasteiger charge is -2.22. The first-order valence-corrected chi connectivity index (χ1v) is 8.45. The monoisotopic (exact) mass is 378 g/mol. The predicted molar refractivity (Wildman–Crippen MR) is 92.6 cm³/mol. The second-order valence-electron chi connectivity index (χ2n) is 6.06. The van der Waals surface area contributed by atoms with E-state index in [0.717, 1.165) is 5.56 Å². The molecule has 9 heteroatoms. The molecule has 0 aromatic carbocycles. The van der Waals surface area contributed by atoms with Gasteiger partial charge in [-0.2, -0.15) is 8.78 Å². The van der Waals surface area contributed by atoms with Crippen LogP contribution in [0, 0.1) is 0 Å². The number of carbonyl (C=O) groups is 1. The van der Waals surface area contributed by atoms with Crippen molar-refractivity contribution < 1.29 is 23.0 Å². The first kappa shape index (κ1) is 19.0. The number of methoxy groups -OCH3 is 1. The lowest BCUT2D eigenvalue weighted by molar-refractivity contribution is -0.00554. The molecule has 2 N–H and O–H groups in total. The second kappa shape index (κ2) is 8.26. The van der Waals surface area contributed by atoms with Crippen molar-refractivity contribution in [3.05, 3.63) is 54.0 Å². The van der Waals surface area contributed by atoms with Gasteiger partial charge in [-0.3, -0.25) is 4.98 Å². The Morgan fingerprint density at radius 1 is 1.33 bits per heavy atom. The van der Waals surface area contributed by atoms with E-state index >= 15 is 0 Å². The van der Waals surface area contributed by atoms with Gasteiger partial charge in [0.05, 0.1) is 19.7 Å². The molecule has 3 heterocycles. The van der Waals surface area contributed by atoms with Gasteiger partial charge in [0.2, 0.25) is 5.88 Å². The lowest BCUT2D eigenvalue weighted by Crippen LogP contribution is -2.46. The summed E-state index contributed by atoms with van der Waals surface area (Å²) in [5.41, 5.74) is 0.403. The molecule has 1 aliphatic rings. The largest absolute Gasteiger partial charge is 0.481 e. The zero-order chi connectivity index (χ0) is 19.3. The van der Waals surface area contributed by atoms with Gasteiger partial charge in [0, 0.05) is 25.1 Å². The fourth-order valence-electron chi connectivity index (χ4n) is 2.85. The van der Waals surface area contributed by atoms with Gasteiger partial charge in [-0.05, 0) is 30.2 Å². The number of halogens is 2. The summed E-state index contributed by atoms with van der Waals surface area (Å²) in [5, 5.41) is 4.91. The van der Waals surface area contributed by atoms with Gasteiger partial charge in [-0.1, -0.05) is 6.07 Å². The van der Waals surface area contributed by atoms with E-state index < -0.39 is 24.2 Å². The van der Waals surface area contributed by atoms with Gasteiger partial charge < -0.3 is 20.1 Å². The highest BCUT2D eigenvalue weighted by Crippen LogP contribution is 2.29. The molecule has 7 nitrogen and oxygen atoms in total. The Kier molecular flexibility index (Phi) is 5.80. The molecule has 3 rings (SSSR count). The van der Waals surface area contributed by atoms with Crippen molar-refractivity contribution in [3.8, 4) is 5.88 Å². The summed E-state index contributed by atoms with van der Waals surface area (Å²) in [7, 11) is 1.35. The van der Waals surface area contributed by atoms with E-state index in [1.807, 2.05) is 0 Å². The van der Waals surface area contributed by atoms with Crippen LogP contribution in [0.2, 0.25) is 0 Å². The van der Waals surface area contributed by atoms with Crippen molar-refractivity contribution >= 4 is 6.03 Å². The van der Waals surface area contributed by atoms with E-state index in [1.165, 1.54) is 25.3 Å². The van der Waals surface area contributed by atoms with Crippen LogP contribution in [-0.2, 0) is 10.7 Å². The molecule has 0 spiro atoms. The summed E-state index contributed by atoms with van der Waals surface area (Å²) in [6.45, 7) is -0.408. The maximum absolute atomic E-state index is 14.3. The summed E-state index contributed by atoms with van der Waals surface area (Å²) in [4.78, 5) is 19.8. The summed E-state index contributed by atoms with van der Waals surface area (Å²) in [6, 6.07) is 6.68. The third kappa shape index (κ3) is 4.68. The van der Waals surface area contributed by atoms with E-state index in [1.54, 1.807) is 24.5 Å². The maximum atomic E-state index is 14.3. The summed E-state index contributed by atoms with van der Waals surface area (Å²) >= 11 is 0. The molecule has 2 aromatic rings. The van der Waals surface area contributed by atoms with Crippen molar-refractivity contribution in [2.24, 2.45) is 0 Å². The number of hydrogen-bond acceptors (Lipinski definition) is 5. The number of urea groups is 1. The first-order valence-electron chi connectivity index (χ1n) is 8.45. The zero-order valence-electron chi connectivity index (χ0n) is 14.7. The first-order chi connectivity index (χ1) is 13.0. The number of nitrogens with zero attached hydrogens (tertiary/aromatic N) is 2. The molecular formula is C18H20F2N4O3. The Morgan fingerprint density at radius 3 is 2.85 bits per heavy atom. The standard InChI is InChI=1S/C18H20F2N4O3/c1-26-15-4-2-3-14(24-15)18(19,20)11-22-17(25)23-13-7-10-27-16(13)12-5-8-21-9-6-12/h2-6,8-9,13,16H,7,10-11H2,1H3,(H2,22,23,25)/t13-,16+/m1/s1. The highest BCUT2D eigenvalue weighted by molar-refractivity contribution is 5.74. The fraction of sp³-hybridized carbons (Fsp3) is 0.389. The average molecular weight is 378 g/mol. The SMILES string of the molecule is COc1cccc(C(F)(F)CNC(=O)N[C@@H]2CCO[C@H]2c2ccncc2)n1. The minimum atomic E-state index is -3.33. The quantitative estimate of drug-likeness (QED) is 0.806. The molecule has 2 aromatic heterocycles. The molecular weight excluding hydrogens is 358 g/mol. The van der Waals surface area contributed by atoms with Crippen LogP contribution in [0.4, 0.5) is 13.6 Å². The highest BCUT2D eigenvalue weighted by Gasteiger charge is 2.35. The van der Waals surface area contributed by atoms with Crippen LogP contribution in [0.25, 0.3) is 0 Å². The molecule has 1 saturated heterocycles. The minimum Gasteiger partial charge on any atom is -0.481 e. The van der Waals surface area contributed by atoms with Gasteiger partial charge in [0.15, 0.2) is 0 Å². The van der Waals surface area contributed by atoms with E-state index in [0.29, 0.717) is 13.0 Å². The number of alkyl halides is 2. The van der Waals surface area contributed by atoms with Crippen LogP contribution in [0.15, 0.2) is 42.7 Å². The van der Waals surface area contributed by atoms with Gasteiger partial charge in [0.1, 0.15) is 11.8 Å². The van der Waals surface area contributed by atoms with E-state index in [-0.39, 0.29) is 18.0 Å². The molecule has 2 amide bonds. The van der Waals surface area contributed by atoms with Gasteiger partial charge >= 0.3 is 12.0 Å². The molecule has 27 heavy (non-hydrogen) atoms. The van der Waals surface area contributed by atoms with E-state index in [4.69, 9.17) is 9.47 Å². The van der Waals surface area contributed by atoms with Crippen LogP contribution >= 0.6 is 0 Å². The normalized spacial score (nSPS) is 19.5. The summed E-state index contributed by atoms with van der Waals surface area (Å²) in [5.74, 6) is -3.25. The van der Waals surface area contributed by atoms with Crippen LogP contribution in [0.3, 0.4) is 0 Å². The predicted octanol–water partition coefficient (Wildman–Crippen LogP) is 2.41. The number of aromatic nitrogens is 2. The van der Waals surface area contributed by atoms with Crippen molar-refractivity contribution in [2.45, 2.75) is 24.5 Å². The Labute approximate surface area is 155 Å². The Hall–Kier alpha value is -2.81. The maximum Gasteiger partial charge on any atom is 0.315 e. The molecule has 1 aliphatic heterocycles. The molecule has 2 atom stereocenters. The molecule has 0 aliphatic carbocycles. The van der Waals surface area contributed by atoms with E-state index in [2.05, 4.69) is 20.6 Å². The Balaban J connectivity index is 1.57. The lowest BCUT2D eigenvalue weighted by atomic mass is 10.0. The number of carbonyl (C=O) groups excluding carboxylic acids is 1. The number of nitrogens with one attached hydrogen (secondary N) is 2. The topological polar surface area (TPSA) is 85.4 Å². The van der Waals surface area contributed by atoms with Gasteiger partial charge in [-0.25, -0.2) is 9.78 Å². The third-order valence-electron chi connectivity index (χ3n) is 4.22. The van der Waals surface area contributed by atoms with E-state index in [9.17, 15) is 13.6 Å². The number of hydrogen-bond donors (Lipinski definition) is 2. The van der Waals surface area contributed by atoms with Crippen molar-refractivity contribution in [1.29, 1.82) is 0 Å². The summed E-state index contributed by atoms with van der Waals surface area (Å²) < 4.78 is 39.1. The van der Waals surface area contributed by atoms with Crippen LogP contribution in [0.1, 0.15) is 23.8 Å². The number of ether oxygens (including phenoxy) is 2. The molecule has 0 radical (unpaired) electrons. The number of amides is 2. The minimum absolute atomic E-state index is 0.0833. The van der Waals surface area contributed by atoms with Crippen LogP contribution in [0.5, 0.6) is 5.88 Å². The Morgan fingerprint density at radius 2 is 2.11 bits per heavy atom. The fourth-order valence-corrected chi connectivity index (χ4v) is 2.85. The van der Waals surface area contributed by atoms with Crippen LogP contribution < -0.4 is 15.4 Å². The molecule has 0 saturated carbocycles. The molecule has 144 valence electrons. The third-order valence-corrected chi connectivity index (χ3v) is 4.22. The molecule has 1 fully saturated rings. The van der Waals surface area contributed by atoms with Gasteiger partial charge in [0.25, 0.3) is 0 Å². The van der Waals surface area contributed by atoms with Gasteiger partial charge in [-0.15, -0.1) is 0 Å².